The third-order valence-electron chi connectivity index (χ3n) is 5.22. The summed E-state index contributed by atoms with van der Waals surface area (Å²) in [7, 11) is 0. The molecule has 0 saturated heterocycles. The summed E-state index contributed by atoms with van der Waals surface area (Å²) in [6.45, 7) is 2.42. The Kier molecular flexibility index (Phi) is 6.08. The molecule has 0 spiro atoms. The highest BCUT2D eigenvalue weighted by molar-refractivity contribution is 5.57. The lowest BCUT2D eigenvalue weighted by molar-refractivity contribution is -0.142. The molecule has 0 aliphatic carbocycles. The molecule has 2 N–H and O–H groups in total. The molecule has 3 aromatic heterocycles. The Morgan fingerprint density at radius 1 is 1.09 bits per heavy atom. The number of aromatic nitrogens is 7. The van der Waals surface area contributed by atoms with Crippen molar-refractivity contribution in [2.24, 2.45) is 0 Å². The van der Waals surface area contributed by atoms with Gasteiger partial charge >= 0.3 is 6.18 Å². The molecule has 168 valence electrons. The first-order chi connectivity index (χ1) is 15.4. The van der Waals surface area contributed by atoms with Crippen molar-refractivity contribution in [2.75, 3.05) is 0 Å². The fourth-order valence-corrected chi connectivity index (χ4v) is 3.62. The number of unbranched alkanes of at least 4 members (excludes halogenated alkanes) is 1. The van der Waals surface area contributed by atoms with Gasteiger partial charge in [-0.25, -0.2) is 4.98 Å². The molecule has 0 amide bonds. The van der Waals surface area contributed by atoms with Gasteiger partial charge in [-0.3, -0.25) is 0 Å². The molecule has 0 unspecified atom stereocenters. The lowest BCUT2D eigenvalue weighted by Crippen LogP contribution is -2.13. The van der Waals surface area contributed by atoms with E-state index in [4.69, 9.17) is 0 Å². The first kappa shape index (κ1) is 21.8. The van der Waals surface area contributed by atoms with Gasteiger partial charge in [0.15, 0.2) is 0 Å². The van der Waals surface area contributed by atoms with Crippen LogP contribution in [0.1, 0.15) is 42.5 Å². The lowest BCUT2D eigenvalue weighted by atomic mass is 10.2. The van der Waals surface area contributed by atoms with Crippen LogP contribution < -0.4 is 0 Å². The van der Waals surface area contributed by atoms with Crippen molar-refractivity contribution < 1.29 is 18.3 Å². The molecule has 0 aliphatic rings. The van der Waals surface area contributed by atoms with Crippen LogP contribution in [0.15, 0.2) is 42.6 Å². The summed E-state index contributed by atoms with van der Waals surface area (Å²) in [5, 5.41) is 23.0. The van der Waals surface area contributed by atoms with Crippen LogP contribution >= 0.6 is 0 Å². The quantitative estimate of drug-likeness (QED) is 0.431. The Hall–Kier alpha value is -3.47. The Morgan fingerprint density at radius 3 is 2.50 bits per heavy atom. The average molecular weight is 445 g/mol. The van der Waals surface area contributed by atoms with Crippen LogP contribution in [0.25, 0.3) is 17.2 Å². The SMILES string of the molecule is CCCCc1ncc(CO)n1Cc1ccc(-n2c(-c3nn[nH]n3)ccc2C(F)(F)F)cc1. The number of H-pyrrole nitrogens is 1. The van der Waals surface area contributed by atoms with Gasteiger partial charge in [-0.05, 0) is 41.5 Å². The normalized spacial score (nSPS) is 11.9. The molecule has 11 heteroatoms. The number of hydrogen-bond acceptors (Lipinski definition) is 5. The van der Waals surface area contributed by atoms with Crippen molar-refractivity contribution in [3.63, 3.8) is 0 Å². The topological polar surface area (TPSA) is 97.4 Å². The number of halogens is 3. The van der Waals surface area contributed by atoms with Crippen LogP contribution in [0.2, 0.25) is 0 Å². The highest BCUT2D eigenvalue weighted by Crippen LogP contribution is 2.35. The monoisotopic (exact) mass is 445 g/mol. The molecule has 0 aliphatic heterocycles. The molecule has 8 nitrogen and oxygen atoms in total. The van der Waals surface area contributed by atoms with E-state index in [1.54, 1.807) is 30.5 Å². The summed E-state index contributed by atoms with van der Waals surface area (Å²) in [4.78, 5) is 4.41. The lowest BCUT2D eigenvalue weighted by Gasteiger charge is -2.15. The Morgan fingerprint density at radius 2 is 1.88 bits per heavy atom. The summed E-state index contributed by atoms with van der Waals surface area (Å²) >= 11 is 0. The van der Waals surface area contributed by atoms with Crippen LogP contribution in [0.4, 0.5) is 13.2 Å². The Bertz CT molecular complexity index is 1160. The first-order valence-electron chi connectivity index (χ1n) is 10.2. The summed E-state index contributed by atoms with van der Waals surface area (Å²) in [6.07, 6.45) is -0.0979. The fraction of sp³-hybridized carbons (Fsp3) is 0.333. The molecule has 0 saturated carbocycles. The zero-order valence-electron chi connectivity index (χ0n) is 17.3. The number of nitrogens with one attached hydrogen (secondary N) is 1. The van der Waals surface area contributed by atoms with Gasteiger partial charge in [0.2, 0.25) is 5.82 Å². The van der Waals surface area contributed by atoms with Gasteiger partial charge in [0.1, 0.15) is 11.5 Å². The number of nitrogens with zero attached hydrogens (tertiary/aromatic N) is 6. The van der Waals surface area contributed by atoms with E-state index in [0.29, 0.717) is 17.9 Å². The molecule has 32 heavy (non-hydrogen) atoms. The van der Waals surface area contributed by atoms with Crippen molar-refractivity contribution in [3.8, 4) is 17.2 Å². The predicted octanol–water partition coefficient (Wildman–Crippen LogP) is 3.76. The zero-order valence-corrected chi connectivity index (χ0v) is 17.3. The minimum absolute atomic E-state index is 0.0659. The van der Waals surface area contributed by atoms with Gasteiger partial charge in [0.25, 0.3) is 0 Å². The number of imidazole rings is 1. The second kappa shape index (κ2) is 8.95. The third-order valence-corrected chi connectivity index (χ3v) is 5.22. The summed E-state index contributed by atoms with van der Waals surface area (Å²) in [5.41, 5.74) is 1.25. The molecule has 0 fully saturated rings. The van der Waals surface area contributed by atoms with Crippen molar-refractivity contribution in [1.82, 2.24) is 34.7 Å². The first-order valence-corrected chi connectivity index (χ1v) is 10.2. The highest BCUT2D eigenvalue weighted by Gasteiger charge is 2.36. The second-order valence-electron chi connectivity index (χ2n) is 7.35. The maximum atomic E-state index is 13.6. The van der Waals surface area contributed by atoms with Gasteiger partial charge in [-0.1, -0.05) is 25.5 Å². The number of rotatable bonds is 8. The Balaban J connectivity index is 1.67. The maximum absolute atomic E-state index is 13.6. The number of benzene rings is 1. The van der Waals surface area contributed by atoms with E-state index < -0.39 is 11.9 Å². The zero-order chi connectivity index (χ0) is 22.7. The van der Waals surface area contributed by atoms with Crippen LogP contribution in [0, 0.1) is 0 Å². The third kappa shape index (κ3) is 4.28. The number of aromatic amines is 1. The number of hydrogen-bond donors (Lipinski definition) is 2. The van der Waals surface area contributed by atoms with E-state index in [1.807, 2.05) is 4.57 Å². The Labute approximate surface area is 181 Å². The number of aliphatic hydroxyl groups excluding tert-OH is 1. The second-order valence-corrected chi connectivity index (χ2v) is 7.35. The summed E-state index contributed by atoms with van der Waals surface area (Å²) in [6, 6.07) is 9.09. The molecular formula is C21H22F3N7O. The molecule has 1 aromatic carbocycles. The van der Waals surface area contributed by atoms with E-state index in [9.17, 15) is 18.3 Å². The highest BCUT2D eigenvalue weighted by atomic mass is 19.4. The molecule has 4 rings (SSSR count). The number of aliphatic hydroxyl groups is 1. The molecule has 4 aromatic rings. The maximum Gasteiger partial charge on any atom is 0.431 e. The minimum atomic E-state index is -4.55. The molecular weight excluding hydrogens is 423 g/mol. The van der Waals surface area contributed by atoms with Gasteiger partial charge in [0.05, 0.1) is 24.2 Å². The van der Waals surface area contributed by atoms with Crippen LogP contribution in [-0.4, -0.2) is 39.8 Å². The van der Waals surface area contributed by atoms with Crippen molar-refractivity contribution in [2.45, 2.75) is 45.5 Å². The predicted molar refractivity (Wildman–Crippen MR) is 110 cm³/mol. The van der Waals surface area contributed by atoms with Gasteiger partial charge < -0.3 is 14.2 Å². The summed E-state index contributed by atoms with van der Waals surface area (Å²) in [5.74, 6) is 0.945. The van der Waals surface area contributed by atoms with Crippen LogP contribution in [-0.2, 0) is 25.7 Å². The van der Waals surface area contributed by atoms with Crippen molar-refractivity contribution in [1.29, 1.82) is 0 Å². The molecule has 0 radical (unpaired) electrons. The number of alkyl halides is 3. The van der Waals surface area contributed by atoms with E-state index in [1.165, 1.54) is 6.07 Å². The molecule has 0 bridgehead atoms. The van der Waals surface area contributed by atoms with E-state index in [-0.39, 0.29) is 18.1 Å². The minimum Gasteiger partial charge on any atom is -0.390 e. The molecule has 0 atom stereocenters. The van der Waals surface area contributed by atoms with Crippen LogP contribution in [0.5, 0.6) is 0 Å². The van der Waals surface area contributed by atoms with Gasteiger partial charge in [-0.15, -0.1) is 10.2 Å². The largest absolute Gasteiger partial charge is 0.431 e. The smallest absolute Gasteiger partial charge is 0.390 e. The number of tetrazole rings is 1. The van der Waals surface area contributed by atoms with E-state index in [2.05, 4.69) is 32.5 Å². The standard InChI is InChI=1S/C21H22F3N7O/c1-2-3-4-19-25-11-16(13-32)30(19)12-14-5-7-15(8-6-14)31-17(20-26-28-29-27-20)9-10-18(31)21(22,23)24/h5-11,32H,2-4,12-13H2,1H3,(H,26,27,28,29). The van der Waals surface area contributed by atoms with Gasteiger partial charge in [-0.2, -0.15) is 18.4 Å². The van der Waals surface area contributed by atoms with Gasteiger partial charge in [0, 0.05) is 18.7 Å². The number of aryl methyl sites for hydroxylation is 1. The van der Waals surface area contributed by atoms with E-state index in [0.717, 1.165) is 41.3 Å². The van der Waals surface area contributed by atoms with E-state index >= 15 is 0 Å². The fourth-order valence-electron chi connectivity index (χ4n) is 3.62. The van der Waals surface area contributed by atoms with Crippen molar-refractivity contribution >= 4 is 0 Å². The average Bonchev–Trinajstić information content (AvgIpc) is 3.51. The summed E-state index contributed by atoms with van der Waals surface area (Å²) < 4.78 is 43.9. The molecule has 3 heterocycles. The van der Waals surface area contributed by atoms with Crippen molar-refractivity contribution in [3.05, 3.63) is 65.4 Å². The van der Waals surface area contributed by atoms with Crippen LogP contribution in [0.3, 0.4) is 0 Å².